The van der Waals surface area contributed by atoms with Crippen LogP contribution in [0.2, 0.25) is 0 Å². The highest BCUT2D eigenvalue weighted by Gasteiger charge is 2.12. The zero-order valence-electron chi connectivity index (χ0n) is 11.8. The fourth-order valence-electron chi connectivity index (χ4n) is 2.16. The van der Waals surface area contributed by atoms with Gasteiger partial charge in [0.2, 0.25) is 0 Å². The van der Waals surface area contributed by atoms with Crippen LogP contribution in [0.15, 0.2) is 46.9 Å². The van der Waals surface area contributed by atoms with Gasteiger partial charge in [-0.25, -0.2) is 4.39 Å². The first-order valence-corrected chi connectivity index (χ1v) is 7.56. The summed E-state index contributed by atoms with van der Waals surface area (Å²) in [6.45, 7) is 2.57. The minimum atomic E-state index is -0.269. The van der Waals surface area contributed by atoms with Gasteiger partial charge in [-0.2, -0.15) is 0 Å². The Kier molecular flexibility index (Phi) is 5.73. The second-order valence-corrected chi connectivity index (χ2v) is 5.53. The molecule has 2 aromatic rings. The summed E-state index contributed by atoms with van der Waals surface area (Å²) < 4.78 is 19.2. The average molecular weight is 353 g/mol. The van der Waals surface area contributed by atoms with Gasteiger partial charge in [0.25, 0.3) is 0 Å². The summed E-state index contributed by atoms with van der Waals surface area (Å²) in [5.74, 6) is 6.21. The van der Waals surface area contributed by atoms with Gasteiger partial charge >= 0.3 is 0 Å². The quantitative estimate of drug-likeness (QED) is 0.615. The van der Waals surface area contributed by atoms with Crippen LogP contribution in [0.4, 0.5) is 4.39 Å². The molecule has 0 aromatic heterocycles. The maximum Gasteiger partial charge on any atom is 0.137 e. The van der Waals surface area contributed by atoms with Gasteiger partial charge in [-0.1, -0.05) is 18.2 Å². The lowest BCUT2D eigenvalue weighted by atomic mass is 9.99. The molecular formula is C16H18BrFN2O. The minimum absolute atomic E-state index is 0.0669. The third-order valence-electron chi connectivity index (χ3n) is 3.20. The van der Waals surface area contributed by atoms with Crippen molar-refractivity contribution in [3.63, 3.8) is 0 Å². The van der Waals surface area contributed by atoms with Crippen LogP contribution in [0.1, 0.15) is 24.1 Å². The van der Waals surface area contributed by atoms with Gasteiger partial charge in [0.05, 0.1) is 17.1 Å². The van der Waals surface area contributed by atoms with Gasteiger partial charge in [-0.3, -0.25) is 11.3 Å². The SMILES string of the molecule is CCOc1cccc(C(Cc2ccc(F)c(Br)c2)NN)c1. The van der Waals surface area contributed by atoms with E-state index >= 15 is 0 Å². The van der Waals surface area contributed by atoms with E-state index in [1.165, 1.54) is 6.07 Å². The highest BCUT2D eigenvalue weighted by atomic mass is 79.9. The molecule has 0 bridgehead atoms. The molecule has 1 unspecified atom stereocenters. The molecule has 0 amide bonds. The molecule has 2 aromatic carbocycles. The fourth-order valence-corrected chi connectivity index (χ4v) is 2.59. The van der Waals surface area contributed by atoms with Crippen LogP contribution in [-0.4, -0.2) is 6.61 Å². The summed E-state index contributed by atoms with van der Waals surface area (Å²) in [5, 5.41) is 0. The molecule has 2 rings (SSSR count). The summed E-state index contributed by atoms with van der Waals surface area (Å²) in [6, 6.07) is 12.7. The lowest BCUT2D eigenvalue weighted by Crippen LogP contribution is -2.29. The highest BCUT2D eigenvalue weighted by molar-refractivity contribution is 9.10. The number of hydrogen-bond acceptors (Lipinski definition) is 3. The molecule has 112 valence electrons. The Balaban J connectivity index is 2.19. The van der Waals surface area contributed by atoms with Crippen molar-refractivity contribution in [1.82, 2.24) is 5.43 Å². The second-order valence-electron chi connectivity index (χ2n) is 4.68. The predicted molar refractivity (Wildman–Crippen MR) is 85.5 cm³/mol. The number of hydrogen-bond donors (Lipinski definition) is 2. The highest BCUT2D eigenvalue weighted by Crippen LogP contribution is 2.24. The Morgan fingerprint density at radius 3 is 2.76 bits per heavy atom. The van der Waals surface area contributed by atoms with Gasteiger partial charge in [0, 0.05) is 0 Å². The van der Waals surface area contributed by atoms with Crippen molar-refractivity contribution in [2.75, 3.05) is 6.61 Å². The van der Waals surface area contributed by atoms with Crippen molar-refractivity contribution in [3.8, 4) is 5.75 Å². The fraction of sp³-hybridized carbons (Fsp3) is 0.250. The molecule has 0 saturated carbocycles. The van der Waals surface area contributed by atoms with Crippen LogP contribution >= 0.6 is 15.9 Å². The largest absolute Gasteiger partial charge is 0.494 e. The number of hydrazine groups is 1. The van der Waals surface area contributed by atoms with Gasteiger partial charge in [-0.15, -0.1) is 0 Å². The van der Waals surface area contributed by atoms with Gasteiger partial charge in [0.15, 0.2) is 0 Å². The number of ether oxygens (including phenoxy) is 1. The van der Waals surface area contributed by atoms with E-state index in [4.69, 9.17) is 10.6 Å². The Hall–Kier alpha value is -1.43. The molecular weight excluding hydrogens is 335 g/mol. The van der Waals surface area contributed by atoms with Gasteiger partial charge in [-0.05, 0) is 64.7 Å². The number of rotatable bonds is 6. The maximum atomic E-state index is 13.3. The molecule has 0 aliphatic rings. The zero-order valence-corrected chi connectivity index (χ0v) is 13.4. The number of nitrogens with two attached hydrogens (primary N) is 1. The summed E-state index contributed by atoms with van der Waals surface area (Å²) in [5.41, 5.74) is 4.83. The van der Waals surface area contributed by atoms with Crippen LogP contribution in [0.5, 0.6) is 5.75 Å². The monoisotopic (exact) mass is 352 g/mol. The summed E-state index contributed by atoms with van der Waals surface area (Å²) in [4.78, 5) is 0. The van der Waals surface area contributed by atoms with Crippen molar-refractivity contribution in [1.29, 1.82) is 0 Å². The average Bonchev–Trinajstić information content (AvgIpc) is 2.49. The maximum absolute atomic E-state index is 13.3. The first-order valence-electron chi connectivity index (χ1n) is 6.77. The Labute approximate surface area is 132 Å². The Morgan fingerprint density at radius 1 is 1.29 bits per heavy atom. The zero-order chi connectivity index (χ0) is 15.2. The standard InChI is InChI=1S/C16H18BrFN2O/c1-2-21-13-5-3-4-12(10-13)16(20-19)9-11-6-7-15(18)14(17)8-11/h3-8,10,16,20H,2,9,19H2,1H3. The van der Waals surface area contributed by atoms with E-state index in [1.54, 1.807) is 12.1 Å². The van der Waals surface area contributed by atoms with Crippen molar-refractivity contribution < 1.29 is 9.13 Å². The molecule has 0 radical (unpaired) electrons. The second kappa shape index (κ2) is 7.54. The molecule has 0 aliphatic carbocycles. The molecule has 3 nitrogen and oxygen atoms in total. The third-order valence-corrected chi connectivity index (χ3v) is 3.80. The van der Waals surface area contributed by atoms with E-state index in [-0.39, 0.29) is 11.9 Å². The van der Waals surface area contributed by atoms with Crippen molar-refractivity contribution in [2.45, 2.75) is 19.4 Å². The van der Waals surface area contributed by atoms with Gasteiger partial charge < -0.3 is 4.74 Å². The number of nitrogens with one attached hydrogen (secondary N) is 1. The van der Waals surface area contributed by atoms with Crippen LogP contribution in [0, 0.1) is 5.82 Å². The molecule has 0 heterocycles. The van der Waals surface area contributed by atoms with Crippen molar-refractivity contribution in [2.24, 2.45) is 5.84 Å². The topological polar surface area (TPSA) is 47.3 Å². The third kappa shape index (κ3) is 4.27. The van der Waals surface area contributed by atoms with Crippen molar-refractivity contribution >= 4 is 15.9 Å². The smallest absolute Gasteiger partial charge is 0.137 e. The van der Waals surface area contributed by atoms with E-state index in [0.717, 1.165) is 16.9 Å². The Bertz CT molecular complexity index is 607. The lowest BCUT2D eigenvalue weighted by Gasteiger charge is -2.17. The van der Waals surface area contributed by atoms with E-state index in [2.05, 4.69) is 21.4 Å². The van der Waals surface area contributed by atoms with E-state index in [9.17, 15) is 4.39 Å². The molecule has 1 atom stereocenters. The van der Waals surface area contributed by atoms with Crippen molar-refractivity contribution in [3.05, 3.63) is 63.9 Å². The molecule has 3 N–H and O–H groups in total. The molecule has 0 spiro atoms. The number of benzene rings is 2. The summed E-state index contributed by atoms with van der Waals surface area (Å²) in [7, 11) is 0. The minimum Gasteiger partial charge on any atom is -0.494 e. The van der Waals surface area contributed by atoms with Crippen LogP contribution in [0.3, 0.4) is 0 Å². The van der Waals surface area contributed by atoms with Crippen LogP contribution < -0.4 is 16.0 Å². The van der Waals surface area contributed by atoms with E-state index < -0.39 is 0 Å². The molecule has 0 saturated heterocycles. The Morgan fingerprint density at radius 2 is 2.10 bits per heavy atom. The number of halogens is 2. The first kappa shape index (κ1) is 15.9. The van der Waals surface area contributed by atoms with Gasteiger partial charge in [0.1, 0.15) is 11.6 Å². The van der Waals surface area contributed by atoms with Crippen LogP contribution in [0.25, 0.3) is 0 Å². The lowest BCUT2D eigenvalue weighted by molar-refractivity contribution is 0.339. The normalized spacial score (nSPS) is 12.2. The summed E-state index contributed by atoms with van der Waals surface area (Å²) in [6.07, 6.45) is 0.658. The molecule has 0 fully saturated rings. The summed E-state index contributed by atoms with van der Waals surface area (Å²) >= 11 is 3.20. The molecule has 0 aliphatic heterocycles. The molecule has 21 heavy (non-hydrogen) atoms. The van der Waals surface area contributed by atoms with Crippen LogP contribution in [-0.2, 0) is 6.42 Å². The molecule has 5 heteroatoms. The predicted octanol–water partition coefficient (Wildman–Crippen LogP) is 3.73. The van der Waals surface area contributed by atoms with E-state index in [0.29, 0.717) is 17.5 Å². The first-order chi connectivity index (χ1) is 10.1. The van der Waals surface area contributed by atoms with E-state index in [1.807, 2.05) is 31.2 Å².